The summed E-state index contributed by atoms with van der Waals surface area (Å²) in [5.74, 6) is 0.328. The number of aliphatic hydroxyl groups is 1. The first-order valence-corrected chi connectivity index (χ1v) is 19.6. The van der Waals surface area contributed by atoms with Gasteiger partial charge in [0.15, 0.2) is 23.0 Å². The Balaban J connectivity index is 1.15. The van der Waals surface area contributed by atoms with Crippen LogP contribution in [0.15, 0.2) is 110 Å². The number of Topliss-reactive ketones (excluding diaryl/α,β-unsaturated/α-hetero) is 1. The van der Waals surface area contributed by atoms with E-state index in [4.69, 9.17) is 9.47 Å². The lowest BCUT2D eigenvalue weighted by Crippen LogP contribution is -2.31. The molecule has 2 heterocycles. The molecule has 0 saturated heterocycles. The first kappa shape index (κ1) is 37.8. The molecule has 2 aromatic heterocycles. The third kappa shape index (κ3) is 9.43. The molecule has 0 aliphatic heterocycles. The molecule has 0 radical (unpaired) electrons. The van der Waals surface area contributed by atoms with E-state index >= 15 is 0 Å². The van der Waals surface area contributed by atoms with Gasteiger partial charge in [0.2, 0.25) is 0 Å². The standard InChI is InChI=1S/C47H52N2O6/c1-54-47-41(27-35-10-7-9-34-8-5-6-13-40(34)35)36(15-17-43(47)51)26-38(24-33-19-21-49-30-33)45(53)28-44(52)37(23-32-18-20-48-29-32)22-31-14-16-42(50)46(25-31)55-39-11-3-2-4-12-39/h5-10,13-21,25,29-30,37-39,45,48-51,53H,2-4,11-12,22-24,26-28H2,1H3/t37-,38-,45+/m0/s1. The smallest absolute Gasteiger partial charge is 0.164 e. The van der Waals surface area contributed by atoms with Crippen LogP contribution in [0.25, 0.3) is 10.8 Å². The quantitative estimate of drug-likeness (QED) is 0.0635. The topological polar surface area (TPSA) is 128 Å². The number of hydrogen-bond acceptors (Lipinski definition) is 6. The monoisotopic (exact) mass is 740 g/mol. The van der Waals surface area contributed by atoms with Crippen molar-refractivity contribution in [2.75, 3.05) is 7.11 Å². The van der Waals surface area contributed by atoms with Crippen LogP contribution >= 0.6 is 0 Å². The van der Waals surface area contributed by atoms with Crippen LogP contribution in [-0.2, 0) is 36.9 Å². The van der Waals surface area contributed by atoms with Gasteiger partial charge < -0.3 is 34.8 Å². The Morgan fingerprint density at radius 2 is 1.47 bits per heavy atom. The van der Waals surface area contributed by atoms with Crippen molar-refractivity contribution in [2.45, 2.75) is 82.8 Å². The summed E-state index contributed by atoms with van der Waals surface area (Å²) in [5.41, 5.74) is 5.88. The number of ether oxygens (including phenoxy) is 2. The lowest BCUT2D eigenvalue weighted by Gasteiger charge is -2.26. The Kier molecular flexibility index (Phi) is 12.2. The molecule has 1 aliphatic rings. The number of aromatic nitrogens is 2. The number of phenolic OH excluding ortho intramolecular Hbond substituents is 2. The third-order valence-corrected chi connectivity index (χ3v) is 11.3. The summed E-state index contributed by atoms with van der Waals surface area (Å²) < 4.78 is 12.1. The van der Waals surface area contributed by atoms with Gasteiger partial charge in [-0.15, -0.1) is 0 Å². The normalized spacial score (nSPS) is 15.1. The Morgan fingerprint density at radius 1 is 0.764 bits per heavy atom. The summed E-state index contributed by atoms with van der Waals surface area (Å²) in [6.07, 6.45) is 14.6. The number of carbonyl (C=O) groups is 1. The van der Waals surface area contributed by atoms with Crippen molar-refractivity contribution >= 4 is 16.6 Å². The van der Waals surface area contributed by atoms with Gasteiger partial charge in [-0.25, -0.2) is 0 Å². The molecule has 286 valence electrons. The molecule has 1 aliphatic carbocycles. The van der Waals surface area contributed by atoms with Gasteiger partial charge in [-0.2, -0.15) is 0 Å². The number of ketones is 1. The van der Waals surface area contributed by atoms with Gasteiger partial charge in [-0.05, 0) is 126 Å². The largest absolute Gasteiger partial charge is 0.504 e. The number of carbonyl (C=O) groups excluding carboxylic acids is 1. The maximum absolute atomic E-state index is 14.4. The lowest BCUT2D eigenvalue weighted by atomic mass is 9.81. The second kappa shape index (κ2) is 17.8. The average Bonchev–Trinajstić information content (AvgIpc) is 3.92. The van der Waals surface area contributed by atoms with E-state index in [0.717, 1.165) is 69.8 Å². The second-order valence-electron chi connectivity index (χ2n) is 15.2. The molecule has 6 aromatic rings. The molecule has 0 unspecified atom stereocenters. The summed E-state index contributed by atoms with van der Waals surface area (Å²) in [6, 6.07) is 27.5. The van der Waals surface area contributed by atoms with Crippen LogP contribution in [0.2, 0.25) is 0 Å². The van der Waals surface area contributed by atoms with E-state index in [9.17, 15) is 20.1 Å². The van der Waals surface area contributed by atoms with Crippen molar-refractivity contribution in [3.05, 3.63) is 143 Å². The van der Waals surface area contributed by atoms with Crippen LogP contribution in [0.4, 0.5) is 0 Å². The van der Waals surface area contributed by atoms with Gasteiger partial charge in [0.05, 0.1) is 19.3 Å². The van der Waals surface area contributed by atoms with Crippen molar-refractivity contribution < 1.29 is 29.6 Å². The molecule has 0 amide bonds. The van der Waals surface area contributed by atoms with Crippen molar-refractivity contribution in [3.63, 3.8) is 0 Å². The molecule has 3 atom stereocenters. The minimum atomic E-state index is -0.939. The number of phenols is 2. The zero-order valence-corrected chi connectivity index (χ0v) is 31.5. The highest BCUT2D eigenvalue weighted by atomic mass is 16.5. The Bertz CT molecular complexity index is 2150. The van der Waals surface area contributed by atoms with Crippen LogP contribution in [0.3, 0.4) is 0 Å². The van der Waals surface area contributed by atoms with Crippen molar-refractivity contribution in [1.29, 1.82) is 0 Å². The van der Waals surface area contributed by atoms with Crippen molar-refractivity contribution in [1.82, 2.24) is 9.97 Å². The average molecular weight is 741 g/mol. The lowest BCUT2D eigenvalue weighted by molar-refractivity contribution is -0.125. The minimum absolute atomic E-state index is 0.0123. The zero-order chi connectivity index (χ0) is 38.1. The molecule has 0 spiro atoms. The van der Waals surface area contributed by atoms with E-state index in [1.807, 2.05) is 73.3 Å². The van der Waals surface area contributed by atoms with E-state index < -0.39 is 12.0 Å². The number of aliphatic hydroxyl groups excluding tert-OH is 1. The van der Waals surface area contributed by atoms with Gasteiger partial charge in [0, 0.05) is 49.1 Å². The van der Waals surface area contributed by atoms with E-state index in [2.05, 4.69) is 34.2 Å². The summed E-state index contributed by atoms with van der Waals surface area (Å²) in [6.45, 7) is 0. The summed E-state index contributed by atoms with van der Waals surface area (Å²) in [5, 5.41) is 35.9. The number of rotatable bonds is 17. The van der Waals surface area contributed by atoms with Crippen LogP contribution < -0.4 is 9.47 Å². The summed E-state index contributed by atoms with van der Waals surface area (Å²) >= 11 is 0. The van der Waals surface area contributed by atoms with Crippen molar-refractivity contribution in [2.24, 2.45) is 11.8 Å². The number of hydrogen-bond donors (Lipinski definition) is 5. The Morgan fingerprint density at radius 3 is 2.22 bits per heavy atom. The van der Waals surface area contributed by atoms with Gasteiger partial charge in [0.25, 0.3) is 0 Å². The fourth-order valence-electron chi connectivity index (χ4n) is 8.36. The Labute approximate surface area is 323 Å². The molecule has 7 rings (SSSR count). The van der Waals surface area contributed by atoms with E-state index in [-0.39, 0.29) is 35.7 Å². The number of aromatic hydroxyl groups is 2. The highest BCUT2D eigenvalue weighted by molar-refractivity contribution is 5.86. The summed E-state index contributed by atoms with van der Waals surface area (Å²) in [7, 11) is 1.57. The highest BCUT2D eigenvalue weighted by Crippen LogP contribution is 2.38. The van der Waals surface area contributed by atoms with E-state index in [1.54, 1.807) is 19.2 Å². The predicted molar refractivity (Wildman–Crippen MR) is 216 cm³/mol. The minimum Gasteiger partial charge on any atom is -0.504 e. The van der Waals surface area contributed by atoms with Crippen LogP contribution in [0.5, 0.6) is 23.0 Å². The third-order valence-electron chi connectivity index (χ3n) is 11.3. The number of benzene rings is 4. The number of nitrogens with one attached hydrogen (secondary N) is 2. The number of aromatic amines is 2. The first-order valence-electron chi connectivity index (χ1n) is 19.6. The molecule has 0 bridgehead atoms. The van der Waals surface area contributed by atoms with E-state index in [0.29, 0.717) is 43.6 Å². The molecular weight excluding hydrogens is 689 g/mol. The molecule has 55 heavy (non-hydrogen) atoms. The SMILES string of the molecule is COc1c(O)ccc(C[C@H](Cc2cc[nH]c2)[C@H](O)CC(=O)[C@H](Cc2cc[nH]c2)Cc2ccc(O)c(OC3CCCCC3)c2)c1Cc1cccc2ccccc12. The first-order chi connectivity index (χ1) is 26.8. The molecule has 8 nitrogen and oxygen atoms in total. The number of fused-ring (bicyclic) bond motifs is 1. The van der Waals surface area contributed by atoms with Crippen LogP contribution in [-0.4, -0.2) is 50.4 Å². The molecule has 1 saturated carbocycles. The van der Waals surface area contributed by atoms with Crippen LogP contribution in [0.1, 0.15) is 71.9 Å². The number of methoxy groups -OCH3 is 1. The molecule has 1 fully saturated rings. The molecule has 8 heteroatoms. The molecular formula is C47H52N2O6. The molecule has 4 aromatic carbocycles. The zero-order valence-electron chi connectivity index (χ0n) is 31.5. The van der Waals surface area contributed by atoms with Gasteiger partial charge in [-0.3, -0.25) is 4.79 Å². The highest BCUT2D eigenvalue weighted by Gasteiger charge is 2.29. The maximum Gasteiger partial charge on any atom is 0.164 e. The van der Waals surface area contributed by atoms with E-state index in [1.165, 1.54) is 6.42 Å². The molecule has 5 N–H and O–H groups in total. The fraction of sp³-hybridized carbons (Fsp3) is 0.340. The van der Waals surface area contributed by atoms with Crippen LogP contribution in [0, 0.1) is 11.8 Å². The second-order valence-corrected chi connectivity index (χ2v) is 15.2. The van der Waals surface area contributed by atoms with Crippen molar-refractivity contribution in [3.8, 4) is 23.0 Å². The predicted octanol–water partition coefficient (Wildman–Crippen LogP) is 9.04. The van der Waals surface area contributed by atoms with Gasteiger partial charge >= 0.3 is 0 Å². The maximum atomic E-state index is 14.4. The fourth-order valence-corrected chi connectivity index (χ4v) is 8.36. The van der Waals surface area contributed by atoms with Gasteiger partial charge in [-0.1, -0.05) is 61.0 Å². The summed E-state index contributed by atoms with van der Waals surface area (Å²) in [4.78, 5) is 20.6. The van der Waals surface area contributed by atoms with Gasteiger partial charge in [0.1, 0.15) is 5.78 Å². The Hall–Kier alpha value is -5.47. The number of H-pyrrole nitrogens is 2.